The molecule has 1 aliphatic heterocycles. The van der Waals surface area contributed by atoms with E-state index in [0.29, 0.717) is 0 Å². The molecule has 1 atom stereocenters. The van der Waals surface area contributed by atoms with Gasteiger partial charge < -0.3 is 14.8 Å². The van der Waals surface area contributed by atoms with Crippen molar-refractivity contribution in [1.82, 2.24) is 5.32 Å². The zero-order valence-corrected chi connectivity index (χ0v) is 10.4. The van der Waals surface area contributed by atoms with Gasteiger partial charge >= 0.3 is 0 Å². The van der Waals surface area contributed by atoms with Crippen LogP contribution in [-0.2, 0) is 0 Å². The van der Waals surface area contributed by atoms with Crippen molar-refractivity contribution in [2.24, 2.45) is 0 Å². The first-order valence-corrected chi connectivity index (χ1v) is 6.49. The van der Waals surface area contributed by atoms with E-state index in [4.69, 9.17) is 9.47 Å². The van der Waals surface area contributed by atoms with E-state index in [1.54, 1.807) is 0 Å². The number of rotatable bonds is 5. The SMILES string of the molecule is CCCOc1ccccc1OC1CCCNC1. The fourth-order valence-electron chi connectivity index (χ4n) is 1.98. The van der Waals surface area contributed by atoms with Gasteiger partial charge in [-0.1, -0.05) is 19.1 Å². The molecule has 3 heteroatoms. The second kappa shape index (κ2) is 6.50. The van der Waals surface area contributed by atoms with E-state index in [2.05, 4.69) is 12.2 Å². The van der Waals surface area contributed by atoms with Crippen molar-refractivity contribution in [3.05, 3.63) is 24.3 Å². The van der Waals surface area contributed by atoms with Crippen LogP contribution >= 0.6 is 0 Å². The minimum Gasteiger partial charge on any atom is -0.490 e. The van der Waals surface area contributed by atoms with Gasteiger partial charge in [-0.25, -0.2) is 0 Å². The highest BCUT2D eigenvalue weighted by Gasteiger charge is 2.16. The number of hydrogen-bond acceptors (Lipinski definition) is 3. The zero-order valence-electron chi connectivity index (χ0n) is 10.4. The van der Waals surface area contributed by atoms with Crippen LogP contribution < -0.4 is 14.8 Å². The van der Waals surface area contributed by atoms with Crippen LogP contribution in [0.25, 0.3) is 0 Å². The fraction of sp³-hybridized carbons (Fsp3) is 0.571. The maximum atomic E-state index is 6.00. The van der Waals surface area contributed by atoms with Gasteiger partial charge in [-0.15, -0.1) is 0 Å². The highest BCUT2D eigenvalue weighted by atomic mass is 16.5. The predicted molar refractivity (Wildman–Crippen MR) is 68.7 cm³/mol. The molecule has 1 N–H and O–H groups in total. The normalized spacial score (nSPS) is 19.9. The molecule has 1 unspecified atom stereocenters. The van der Waals surface area contributed by atoms with Gasteiger partial charge in [0.15, 0.2) is 11.5 Å². The Kier molecular flexibility index (Phi) is 4.68. The summed E-state index contributed by atoms with van der Waals surface area (Å²) in [5.41, 5.74) is 0. The van der Waals surface area contributed by atoms with Crippen LogP contribution in [0.4, 0.5) is 0 Å². The van der Waals surface area contributed by atoms with E-state index >= 15 is 0 Å². The van der Waals surface area contributed by atoms with Gasteiger partial charge in [0, 0.05) is 6.54 Å². The zero-order chi connectivity index (χ0) is 11.9. The maximum absolute atomic E-state index is 6.00. The van der Waals surface area contributed by atoms with E-state index < -0.39 is 0 Å². The predicted octanol–water partition coefficient (Wildman–Crippen LogP) is 2.61. The van der Waals surface area contributed by atoms with Crippen LogP contribution in [0.2, 0.25) is 0 Å². The molecular weight excluding hydrogens is 214 g/mol. The first kappa shape index (κ1) is 12.2. The number of benzene rings is 1. The highest BCUT2D eigenvalue weighted by Crippen LogP contribution is 2.28. The Hall–Kier alpha value is -1.22. The lowest BCUT2D eigenvalue weighted by Crippen LogP contribution is -2.37. The van der Waals surface area contributed by atoms with Crippen molar-refractivity contribution in [1.29, 1.82) is 0 Å². The molecule has 17 heavy (non-hydrogen) atoms. The van der Waals surface area contributed by atoms with E-state index in [-0.39, 0.29) is 6.10 Å². The second-order valence-corrected chi connectivity index (χ2v) is 4.38. The molecule has 0 spiro atoms. The molecule has 0 saturated carbocycles. The fourth-order valence-corrected chi connectivity index (χ4v) is 1.98. The van der Waals surface area contributed by atoms with Crippen LogP contribution in [0.1, 0.15) is 26.2 Å². The molecule has 1 heterocycles. The van der Waals surface area contributed by atoms with E-state index in [1.807, 2.05) is 24.3 Å². The van der Waals surface area contributed by atoms with Crippen molar-refractivity contribution in [3.8, 4) is 11.5 Å². The number of hydrogen-bond donors (Lipinski definition) is 1. The summed E-state index contributed by atoms with van der Waals surface area (Å²) < 4.78 is 11.7. The van der Waals surface area contributed by atoms with Crippen molar-refractivity contribution in [2.45, 2.75) is 32.3 Å². The Morgan fingerprint density at radius 1 is 1.29 bits per heavy atom. The third kappa shape index (κ3) is 3.63. The molecule has 0 aromatic heterocycles. The molecule has 1 aromatic carbocycles. The van der Waals surface area contributed by atoms with Gasteiger partial charge in [-0.2, -0.15) is 0 Å². The molecule has 1 aliphatic rings. The molecular formula is C14H21NO2. The van der Waals surface area contributed by atoms with Gasteiger partial charge in [0.1, 0.15) is 6.10 Å². The Labute approximate surface area is 103 Å². The van der Waals surface area contributed by atoms with Gasteiger partial charge in [-0.3, -0.25) is 0 Å². The Morgan fingerprint density at radius 2 is 2.12 bits per heavy atom. The largest absolute Gasteiger partial charge is 0.490 e. The Balaban J connectivity index is 1.98. The van der Waals surface area contributed by atoms with E-state index in [0.717, 1.165) is 44.0 Å². The summed E-state index contributed by atoms with van der Waals surface area (Å²) in [6, 6.07) is 7.93. The molecule has 1 aromatic rings. The molecule has 2 rings (SSSR count). The Morgan fingerprint density at radius 3 is 2.82 bits per heavy atom. The minimum absolute atomic E-state index is 0.273. The van der Waals surface area contributed by atoms with Crippen LogP contribution in [-0.4, -0.2) is 25.8 Å². The smallest absolute Gasteiger partial charge is 0.161 e. The lowest BCUT2D eigenvalue weighted by atomic mass is 10.1. The Bertz CT molecular complexity index is 335. The quantitative estimate of drug-likeness (QED) is 0.851. The second-order valence-electron chi connectivity index (χ2n) is 4.38. The van der Waals surface area contributed by atoms with Gasteiger partial charge in [0.2, 0.25) is 0 Å². The van der Waals surface area contributed by atoms with Crippen molar-refractivity contribution >= 4 is 0 Å². The summed E-state index contributed by atoms with van der Waals surface area (Å²) >= 11 is 0. The van der Waals surface area contributed by atoms with E-state index in [1.165, 1.54) is 6.42 Å². The number of ether oxygens (including phenoxy) is 2. The number of para-hydroxylation sites is 2. The van der Waals surface area contributed by atoms with Gasteiger partial charge in [-0.05, 0) is 37.9 Å². The summed E-state index contributed by atoms with van der Waals surface area (Å²) in [5.74, 6) is 1.73. The van der Waals surface area contributed by atoms with Crippen LogP contribution in [0, 0.1) is 0 Å². The van der Waals surface area contributed by atoms with Crippen LogP contribution in [0.3, 0.4) is 0 Å². The summed E-state index contributed by atoms with van der Waals surface area (Å²) in [6.45, 7) is 4.88. The molecule has 0 amide bonds. The lowest BCUT2D eigenvalue weighted by Gasteiger charge is -2.24. The summed E-state index contributed by atoms with van der Waals surface area (Å²) in [5, 5.41) is 3.35. The minimum atomic E-state index is 0.273. The van der Waals surface area contributed by atoms with Crippen LogP contribution in [0.15, 0.2) is 24.3 Å². The topological polar surface area (TPSA) is 30.5 Å². The average Bonchev–Trinajstić information content (AvgIpc) is 2.39. The molecule has 1 fully saturated rings. The molecule has 0 bridgehead atoms. The average molecular weight is 235 g/mol. The first-order chi connectivity index (χ1) is 8.40. The van der Waals surface area contributed by atoms with E-state index in [9.17, 15) is 0 Å². The van der Waals surface area contributed by atoms with Gasteiger partial charge in [0.25, 0.3) is 0 Å². The third-order valence-corrected chi connectivity index (χ3v) is 2.86. The molecule has 0 radical (unpaired) electrons. The number of piperidine rings is 1. The van der Waals surface area contributed by atoms with Gasteiger partial charge in [0.05, 0.1) is 6.61 Å². The summed E-state index contributed by atoms with van der Waals surface area (Å²) in [6.07, 6.45) is 3.59. The third-order valence-electron chi connectivity index (χ3n) is 2.86. The highest BCUT2D eigenvalue weighted by molar-refractivity contribution is 5.39. The van der Waals surface area contributed by atoms with Crippen molar-refractivity contribution < 1.29 is 9.47 Å². The standard InChI is InChI=1S/C14H21NO2/c1-2-10-16-13-7-3-4-8-14(13)17-12-6-5-9-15-11-12/h3-4,7-8,12,15H,2,5-6,9-11H2,1H3. The molecule has 1 saturated heterocycles. The molecule has 0 aliphatic carbocycles. The lowest BCUT2D eigenvalue weighted by molar-refractivity contribution is 0.158. The van der Waals surface area contributed by atoms with Crippen molar-refractivity contribution in [2.75, 3.05) is 19.7 Å². The van der Waals surface area contributed by atoms with Crippen LogP contribution in [0.5, 0.6) is 11.5 Å². The molecule has 3 nitrogen and oxygen atoms in total. The summed E-state index contributed by atoms with van der Waals surface area (Å²) in [4.78, 5) is 0. The van der Waals surface area contributed by atoms with Crippen molar-refractivity contribution in [3.63, 3.8) is 0 Å². The molecule has 94 valence electrons. The monoisotopic (exact) mass is 235 g/mol. The number of nitrogens with one attached hydrogen (secondary N) is 1. The first-order valence-electron chi connectivity index (χ1n) is 6.49. The maximum Gasteiger partial charge on any atom is 0.161 e. The summed E-state index contributed by atoms with van der Waals surface area (Å²) in [7, 11) is 0.